The lowest BCUT2D eigenvalue weighted by Crippen LogP contribution is -2.45. The van der Waals surface area contributed by atoms with Crippen LogP contribution in [0.1, 0.15) is 53.4 Å². The van der Waals surface area contributed by atoms with Crippen LogP contribution in [-0.4, -0.2) is 36.6 Å². The molecule has 1 atom stereocenters. The van der Waals surface area contributed by atoms with Crippen molar-refractivity contribution in [2.24, 2.45) is 5.92 Å². The smallest absolute Gasteiger partial charge is 0.00901 e. The van der Waals surface area contributed by atoms with Crippen LogP contribution in [-0.2, 0) is 0 Å². The van der Waals surface area contributed by atoms with Gasteiger partial charge in [0.1, 0.15) is 0 Å². The van der Waals surface area contributed by atoms with Crippen molar-refractivity contribution in [3.05, 3.63) is 0 Å². The third-order valence-electron chi connectivity index (χ3n) is 3.82. The highest BCUT2D eigenvalue weighted by molar-refractivity contribution is 4.79. The molecule has 0 saturated carbocycles. The maximum Gasteiger partial charge on any atom is 0.00901 e. The molecular formula is C14H30N2. The van der Waals surface area contributed by atoms with Crippen LogP contribution in [0.5, 0.6) is 0 Å². The van der Waals surface area contributed by atoms with Gasteiger partial charge in [-0.3, -0.25) is 0 Å². The second-order valence-corrected chi connectivity index (χ2v) is 5.54. The Morgan fingerprint density at radius 3 is 2.50 bits per heavy atom. The van der Waals surface area contributed by atoms with Crippen molar-refractivity contribution in [2.75, 3.05) is 19.6 Å². The topological polar surface area (TPSA) is 15.3 Å². The number of piperidine rings is 1. The first-order chi connectivity index (χ1) is 7.67. The lowest BCUT2D eigenvalue weighted by molar-refractivity contribution is 0.115. The van der Waals surface area contributed by atoms with Gasteiger partial charge in [-0.25, -0.2) is 0 Å². The SMILES string of the molecule is CCC(CC)N1CCCC(CNC(C)C)C1. The second-order valence-electron chi connectivity index (χ2n) is 5.54. The standard InChI is InChI=1S/C14H30N2/c1-5-14(6-2)16-9-7-8-13(11-16)10-15-12(3)4/h12-15H,5-11H2,1-4H3. The summed E-state index contributed by atoms with van der Waals surface area (Å²) in [5.74, 6) is 0.872. The van der Waals surface area contributed by atoms with Gasteiger partial charge in [-0.2, -0.15) is 0 Å². The largest absolute Gasteiger partial charge is 0.314 e. The summed E-state index contributed by atoms with van der Waals surface area (Å²) in [6.07, 6.45) is 5.42. The maximum atomic E-state index is 3.58. The van der Waals surface area contributed by atoms with E-state index in [4.69, 9.17) is 0 Å². The molecule has 0 aromatic heterocycles. The van der Waals surface area contributed by atoms with Gasteiger partial charge in [-0.15, -0.1) is 0 Å². The molecule has 0 aliphatic carbocycles. The fourth-order valence-electron chi connectivity index (χ4n) is 2.80. The number of nitrogens with zero attached hydrogens (tertiary/aromatic N) is 1. The quantitative estimate of drug-likeness (QED) is 0.749. The van der Waals surface area contributed by atoms with Crippen molar-refractivity contribution in [1.29, 1.82) is 0 Å². The van der Waals surface area contributed by atoms with E-state index in [0.717, 1.165) is 12.0 Å². The van der Waals surface area contributed by atoms with Crippen molar-refractivity contribution in [3.63, 3.8) is 0 Å². The molecule has 16 heavy (non-hydrogen) atoms. The van der Waals surface area contributed by atoms with Crippen LogP contribution < -0.4 is 5.32 Å². The molecule has 96 valence electrons. The molecule has 1 rings (SSSR count). The average Bonchev–Trinajstić information content (AvgIpc) is 2.29. The molecule has 1 fully saturated rings. The molecule has 1 unspecified atom stereocenters. The number of hydrogen-bond donors (Lipinski definition) is 1. The van der Waals surface area contributed by atoms with Gasteiger partial charge in [0.05, 0.1) is 0 Å². The van der Waals surface area contributed by atoms with E-state index in [-0.39, 0.29) is 0 Å². The molecule has 1 N–H and O–H groups in total. The fourth-order valence-corrected chi connectivity index (χ4v) is 2.80. The maximum absolute atomic E-state index is 3.58. The molecule has 1 heterocycles. The highest BCUT2D eigenvalue weighted by Crippen LogP contribution is 2.20. The predicted molar refractivity (Wildman–Crippen MR) is 71.8 cm³/mol. The summed E-state index contributed by atoms with van der Waals surface area (Å²) in [6.45, 7) is 13.0. The first kappa shape index (κ1) is 14.0. The zero-order valence-electron chi connectivity index (χ0n) is 11.6. The van der Waals surface area contributed by atoms with Gasteiger partial charge in [0.2, 0.25) is 0 Å². The van der Waals surface area contributed by atoms with Crippen LogP contribution in [0.25, 0.3) is 0 Å². The number of rotatable bonds is 6. The van der Waals surface area contributed by atoms with E-state index in [2.05, 4.69) is 37.9 Å². The summed E-state index contributed by atoms with van der Waals surface area (Å²) in [5, 5.41) is 3.58. The first-order valence-corrected chi connectivity index (χ1v) is 7.14. The van der Waals surface area contributed by atoms with E-state index in [1.807, 2.05) is 0 Å². The zero-order valence-corrected chi connectivity index (χ0v) is 11.6. The molecule has 0 spiro atoms. The summed E-state index contributed by atoms with van der Waals surface area (Å²) in [5.41, 5.74) is 0. The monoisotopic (exact) mass is 226 g/mol. The molecule has 1 saturated heterocycles. The molecule has 0 amide bonds. The molecule has 2 heteroatoms. The minimum atomic E-state index is 0.628. The van der Waals surface area contributed by atoms with Crippen LogP contribution >= 0.6 is 0 Å². The lowest BCUT2D eigenvalue weighted by atomic mass is 9.95. The Morgan fingerprint density at radius 2 is 1.94 bits per heavy atom. The lowest BCUT2D eigenvalue weighted by Gasteiger charge is -2.38. The van der Waals surface area contributed by atoms with Crippen molar-refractivity contribution in [1.82, 2.24) is 10.2 Å². The molecule has 0 radical (unpaired) electrons. The zero-order chi connectivity index (χ0) is 12.0. The minimum Gasteiger partial charge on any atom is -0.314 e. The molecule has 1 aliphatic rings. The Kier molecular flexibility index (Phi) is 6.37. The Morgan fingerprint density at radius 1 is 1.25 bits per heavy atom. The van der Waals surface area contributed by atoms with Gasteiger partial charge in [0.15, 0.2) is 0 Å². The molecule has 0 aromatic carbocycles. The molecule has 0 aromatic rings. The van der Waals surface area contributed by atoms with Crippen molar-refractivity contribution >= 4 is 0 Å². The molecule has 0 bridgehead atoms. The van der Waals surface area contributed by atoms with E-state index in [0.29, 0.717) is 6.04 Å². The van der Waals surface area contributed by atoms with Crippen molar-refractivity contribution in [3.8, 4) is 0 Å². The third-order valence-corrected chi connectivity index (χ3v) is 3.82. The van der Waals surface area contributed by atoms with E-state index >= 15 is 0 Å². The predicted octanol–water partition coefficient (Wildman–Crippen LogP) is 2.89. The number of hydrogen-bond acceptors (Lipinski definition) is 2. The Bertz CT molecular complexity index is 176. The van der Waals surface area contributed by atoms with Gasteiger partial charge in [-0.1, -0.05) is 27.7 Å². The second kappa shape index (κ2) is 7.29. The summed E-state index contributed by atoms with van der Waals surface area (Å²) in [6, 6.07) is 1.45. The van der Waals surface area contributed by atoms with Crippen LogP contribution in [0.2, 0.25) is 0 Å². The van der Waals surface area contributed by atoms with Crippen molar-refractivity contribution < 1.29 is 0 Å². The average molecular weight is 226 g/mol. The van der Waals surface area contributed by atoms with Crippen LogP contribution in [0.4, 0.5) is 0 Å². The summed E-state index contributed by atoms with van der Waals surface area (Å²) in [7, 11) is 0. The molecule has 2 nitrogen and oxygen atoms in total. The summed E-state index contributed by atoms with van der Waals surface area (Å²) < 4.78 is 0. The van der Waals surface area contributed by atoms with Crippen LogP contribution in [0.15, 0.2) is 0 Å². The number of likely N-dealkylation sites (tertiary alicyclic amines) is 1. The van der Waals surface area contributed by atoms with E-state index in [1.54, 1.807) is 0 Å². The fraction of sp³-hybridized carbons (Fsp3) is 1.00. The van der Waals surface area contributed by atoms with Crippen LogP contribution in [0.3, 0.4) is 0 Å². The normalized spacial score (nSPS) is 23.2. The van der Waals surface area contributed by atoms with E-state index in [1.165, 1.54) is 45.3 Å². The number of nitrogens with one attached hydrogen (secondary N) is 1. The molecular weight excluding hydrogens is 196 g/mol. The van der Waals surface area contributed by atoms with Gasteiger partial charge < -0.3 is 10.2 Å². The first-order valence-electron chi connectivity index (χ1n) is 7.14. The summed E-state index contributed by atoms with van der Waals surface area (Å²) >= 11 is 0. The van der Waals surface area contributed by atoms with Crippen LogP contribution in [0, 0.1) is 5.92 Å². The van der Waals surface area contributed by atoms with Gasteiger partial charge in [0, 0.05) is 18.6 Å². The Hall–Kier alpha value is -0.0800. The van der Waals surface area contributed by atoms with Gasteiger partial charge in [-0.05, 0) is 44.7 Å². The third kappa shape index (κ3) is 4.42. The Labute approximate surface area is 102 Å². The minimum absolute atomic E-state index is 0.628. The van der Waals surface area contributed by atoms with Gasteiger partial charge >= 0.3 is 0 Å². The van der Waals surface area contributed by atoms with E-state index < -0.39 is 0 Å². The van der Waals surface area contributed by atoms with Crippen molar-refractivity contribution in [2.45, 2.75) is 65.5 Å². The van der Waals surface area contributed by atoms with E-state index in [9.17, 15) is 0 Å². The summed E-state index contributed by atoms with van der Waals surface area (Å²) in [4.78, 5) is 2.72. The highest BCUT2D eigenvalue weighted by atomic mass is 15.2. The highest BCUT2D eigenvalue weighted by Gasteiger charge is 2.23. The Balaban J connectivity index is 2.34. The van der Waals surface area contributed by atoms with Gasteiger partial charge in [0.25, 0.3) is 0 Å². The molecule has 1 aliphatic heterocycles.